The molecule has 0 aliphatic carbocycles. The van der Waals surface area contributed by atoms with E-state index in [1.54, 1.807) is 0 Å². The second kappa shape index (κ2) is 6.00. The molecule has 1 saturated heterocycles. The van der Waals surface area contributed by atoms with Gasteiger partial charge in [0.05, 0.1) is 5.41 Å². The van der Waals surface area contributed by atoms with Gasteiger partial charge in [0.2, 0.25) is 5.91 Å². The topological polar surface area (TPSA) is 78.4 Å². The van der Waals surface area contributed by atoms with E-state index in [1.807, 2.05) is 13.8 Å². The second-order valence-corrected chi connectivity index (χ2v) is 5.25. The van der Waals surface area contributed by atoms with Gasteiger partial charge in [0.15, 0.2) is 0 Å². The van der Waals surface area contributed by atoms with Crippen molar-refractivity contribution in [2.45, 2.75) is 33.1 Å². The summed E-state index contributed by atoms with van der Waals surface area (Å²) >= 11 is 0. The van der Waals surface area contributed by atoms with E-state index in [-0.39, 0.29) is 23.7 Å². The molecule has 0 aromatic carbocycles. The van der Waals surface area contributed by atoms with Crippen molar-refractivity contribution in [2.75, 3.05) is 19.6 Å². The van der Waals surface area contributed by atoms with Gasteiger partial charge in [-0.15, -0.1) is 0 Å². The van der Waals surface area contributed by atoms with Crippen LogP contribution in [-0.4, -0.2) is 36.6 Å². The van der Waals surface area contributed by atoms with Crippen molar-refractivity contribution < 1.29 is 14.7 Å². The van der Waals surface area contributed by atoms with Crippen LogP contribution in [0.15, 0.2) is 0 Å². The Morgan fingerprint density at radius 3 is 2.76 bits per heavy atom. The highest BCUT2D eigenvalue weighted by molar-refractivity contribution is 5.82. The lowest BCUT2D eigenvalue weighted by molar-refractivity contribution is -0.138. The average molecular weight is 242 g/mol. The lowest BCUT2D eigenvalue weighted by atomic mass is 9.82. The van der Waals surface area contributed by atoms with E-state index in [9.17, 15) is 9.59 Å². The molecule has 5 nitrogen and oxygen atoms in total. The van der Waals surface area contributed by atoms with Gasteiger partial charge < -0.3 is 15.7 Å². The summed E-state index contributed by atoms with van der Waals surface area (Å²) in [6.07, 6.45) is 1.99. The standard InChI is InChI=1S/C12H22N2O3/c1-9(6-10(15)16)7-14-11(17)12(2)4-3-5-13-8-12/h9,13H,3-8H2,1-2H3,(H,14,17)(H,15,16). The molecule has 98 valence electrons. The van der Waals surface area contributed by atoms with E-state index < -0.39 is 5.97 Å². The molecule has 1 aliphatic rings. The third kappa shape index (κ3) is 4.34. The Kier molecular flexibility index (Phi) is 4.93. The number of nitrogens with one attached hydrogen (secondary N) is 2. The number of hydrogen-bond donors (Lipinski definition) is 3. The van der Waals surface area contributed by atoms with Crippen molar-refractivity contribution in [1.82, 2.24) is 10.6 Å². The van der Waals surface area contributed by atoms with E-state index in [0.29, 0.717) is 13.1 Å². The summed E-state index contributed by atoms with van der Waals surface area (Å²) in [6, 6.07) is 0. The quantitative estimate of drug-likeness (QED) is 0.660. The Morgan fingerprint density at radius 1 is 1.53 bits per heavy atom. The Bertz CT molecular complexity index is 285. The van der Waals surface area contributed by atoms with Crippen LogP contribution in [0.4, 0.5) is 0 Å². The van der Waals surface area contributed by atoms with Crippen LogP contribution in [0, 0.1) is 11.3 Å². The zero-order chi connectivity index (χ0) is 12.9. The fourth-order valence-electron chi connectivity index (χ4n) is 2.10. The van der Waals surface area contributed by atoms with Gasteiger partial charge >= 0.3 is 5.97 Å². The first-order valence-corrected chi connectivity index (χ1v) is 6.15. The SMILES string of the molecule is CC(CNC(=O)C1(C)CCCNC1)CC(=O)O. The van der Waals surface area contributed by atoms with Gasteiger partial charge in [0.1, 0.15) is 0 Å². The molecule has 0 saturated carbocycles. The van der Waals surface area contributed by atoms with Gasteiger partial charge in [0.25, 0.3) is 0 Å². The number of amides is 1. The van der Waals surface area contributed by atoms with E-state index in [0.717, 1.165) is 19.4 Å². The van der Waals surface area contributed by atoms with Crippen molar-refractivity contribution >= 4 is 11.9 Å². The average Bonchev–Trinajstić information content (AvgIpc) is 2.26. The van der Waals surface area contributed by atoms with Crippen molar-refractivity contribution in [1.29, 1.82) is 0 Å². The molecule has 0 aromatic rings. The Labute approximate surface area is 102 Å². The third-order valence-electron chi connectivity index (χ3n) is 3.28. The summed E-state index contributed by atoms with van der Waals surface area (Å²) in [5, 5.41) is 14.7. The molecule has 2 unspecified atom stereocenters. The van der Waals surface area contributed by atoms with Crippen LogP contribution in [0.3, 0.4) is 0 Å². The van der Waals surface area contributed by atoms with Crippen LogP contribution in [0.1, 0.15) is 33.1 Å². The van der Waals surface area contributed by atoms with E-state index in [1.165, 1.54) is 0 Å². The van der Waals surface area contributed by atoms with Crippen LogP contribution >= 0.6 is 0 Å². The summed E-state index contributed by atoms with van der Waals surface area (Å²) in [7, 11) is 0. The highest BCUT2D eigenvalue weighted by Crippen LogP contribution is 2.25. The van der Waals surface area contributed by atoms with Crippen LogP contribution in [0.25, 0.3) is 0 Å². The van der Waals surface area contributed by atoms with Crippen LogP contribution < -0.4 is 10.6 Å². The molecule has 1 fully saturated rings. The van der Waals surface area contributed by atoms with Gasteiger partial charge in [-0.2, -0.15) is 0 Å². The number of piperidine rings is 1. The molecule has 1 rings (SSSR count). The van der Waals surface area contributed by atoms with E-state index in [2.05, 4.69) is 10.6 Å². The minimum absolute atomic E-state index is 0.0296. The molecule has 5 heteroatoms. The molecule has 1 aliphatic heterocycles. The first-order valence-electron chi connectivity index (χ1n) is 6.15. The van der Waals surface area contributed by atoms with Crippen LogP contribution in [-0.2, 0) is 9.59 Å². The van der Waals surface area contributed by atoms with Gasteiger partial charge in [-0.05, 0) is 32.2 Å². The Morgan fingerprint density at radius 2 is 2.24 bits per heavy atom. The fourth-order valence-corrected chi connectivity index (χ4v) is 2.10. The minimum Gasteiger partial charge on any atom is -0.481 e. The summed E-state index contributed by atoms with van der Waals surface area (Å²) in [5.41, 5.74) is -0.346. The van der Waals surface area contributed by atoms with E-state index in [4.69, 9.17) is 5.11 Å². The lowest BCUT2D eigenvalue weighted by Crippen LogP contribution is -2.49. The maximum Gasteiger partial charge on any atom is 0.303 e. The van der Waals surface area contributed by atoms with Crippen LogP contribution in [0.5, 0.6) is 0 Å². The minimum atomic E-state index is -0.822. The predicted molar refractivity (Wildman–Crippen MR) is 64.6 cm³/mol. The summed E-state index contributed by atoms with van der Waals surface area (Å²) in [6.45, 7) is 5.89. The molecule has 0 spiro atoms. The summed E-state index contributed by atoms with van der Waals surface area (Å²) < 4.78 is 0. The molecular weight excluding hydrogens is 220 g/mol. The first kappa shape index (κ1) is 14.0. The van der Waals surface area contributed by atoms with Gasteiger partial charge in [-0.3, -0.25) is 9.59 Å². The highest BCUT2D eigenvalue weighted by Gasteiger charge is 2.34. The van der Waals surface area contributed by atoms with Crippen molar-refractivity contribution in [2.24, 2.45) is 11.3 Å². The molecule has 1 amide bonds. The van der Waals surface area contributed by atoms with Crippen molar-refractivity contribution in [3.8, 4) is 0 Å². The number of carboxylic acids is 1. The summed E-state index contributed by atoms with van der Waals surface area (Å²) in [4.78, 5) is 22.5. The van der Waals surface area contributed by atoms with Crippen LogP contribution in [0.2, 0.25) is 0 Å². The molecule has 0 aromatic heterocycles. The molecular formula is C12H22N2O3. The number of carbonyl (C=O) groups is 2. The maximum absolute atomic E-state index is 12.0. The largest absolute Gasteiger partial charge is 0.481 e. The summed E-state index contributed by atoms with van der Waals surface area (Å²) in [5.74, 6) is -0.823. The predicted octanol–water partition coefficient (Wildman–Crippen LogP) is 0.603. The molecule has 1 heterocycles. The van der Waals surface area contributed by atoms with Gasteiger partial charge in [0, 0.05) is 19.5 Å². The molecule has 2 atom stereocenters. The maximum atomic E-state index is 12.0. The zero-order valence-corrected chi connectivity index (χ0v) is 10.6. The smallest absolute Gasteiger partial charge is 0.303 e. The fraction of sp³-hybridized carbons (Fsp3) is 0.833. The van der Waals surface area contributed by atoms with Crippen molar-refractivity contribution in [3.63, 3.8) is 0 Å². The van der Waals surface area contributed by atoms with E-state index >= 15 is 0 Å². The van der Waals surface area contributed by atoms with Gasteiger partial charge in [-0.1, -0.05) is 6.92 Å². The lowest BCUT2D eigenvalue weighted by Gasteiger charge is -2.33. The number of aliphatic carboxylic acids is 1. The number of carbonyl (C=O) groups excluding carboxylic acids is 1. The van der Waals surface area contributed by atoms with Crippen molar-refractivity contribution in [3.05, 3.63) is 0 Å². The second-order valence-electron chi connectivity index (χ2n) is 5.25. The highest BCUT2D eigenvalue weighted by atomic mass is 16.4. The first-order chi connectivity index (χ1) is 7.94. The number of hydrogen-bond acceptors (Lipinski definition) is 3. The molecule has 3 N–H and O–H groups in total. The normalized spacial score (nSPS) is 26.2. The monoisotopic (exact) mass is 242 g/mol. The zero-order valence-electron chi connectivity index (χ0n) is 10.6. The number of carboxylic acid groups (broad SMARTS) is 1. The Balaban J connectivity index is 2.35. The third-order valence-corrected chi connectivity index (χ3v) is 3.28. The Hall–Kier alpha value is -1.10. The molecule has 0 radical (unpaired) electrons. The molecule has 0 bridgehead atoms. The number of rotatable bonds is 5. The molecule has 17 heavy (non-hydrogen) atoms. The van der Waals surface area contributed by atoms with Gasteiger partial charge in [-0.25, -0.2) is 0 Å².